The minimum atomic E-state index is -0.237. The third-order valence-corrected chi connectivity index (χ3v) is 11.5. The standard InChI is InChI=1S/C33H56N2O3/c1-6-8-20-35(21-9-7-2)22-10-19-34-31(37)38-24(3)28-13-14-29-27-12-11-25-23-26(36)15-17-32(25,4)30(27)16-18-33(28,29)5/h23-24,27-30H,6-22H2,1-5H3,(H,34,37)/t24?,27?,28-,29?,30?,32+,33-/m1/s1. The molecule has 38 heavy (non-hydrogen) atoms. The van der Waals surface area contributed by atoms with Crippen molar-refractivity contribution < 1.29 is 14.3 Å². The molecular formula is C33H56N2O3. The van der Waals surface area contributed by atoms with Gasteiger partial charge in [-0.1, -0.05) is 46.1 Å². The number of amides is 1. The number of carbonyl (C=O) groups is 2. The first-order chi connectivity index (χ1) is 18.2. The molecule has 0 heterocycles. The van der Waals surface area contributed by atoms with E-state index in [1.54, 1.807) is 0 Å². The second-order valence-electron chi connectivity index (χ2n) is 13.6. The largest absolute Gasteiger partial charge is 0.446 e. The van der Waals surface area contributed by atoms with E-state index < -0.39 is 0 Å². The lowest BCUT2D eigenvalue weighted by Crippen LogP contribution is -2.51. The number of fused-ring (bicyclic) bond motifs is 5. The average molecular weight is 529 g/mol. The Labute approximate surface area is 232 Å². The molecule has 0 spiro atoms. The number of nitrogens with zero attached hydrogens (tertiary/aromatic N) is 1. The first-order valence-electron chi connectivity index (χ1n) is 16.1. The summed E-state index contributed by atoms with van der Waals surface area (Å²) in [6.07, 6.45) is 16.7. The van der Waals surface area contributed by atoms with Crippen molar-refractivity contribution in [3.05, 3.63) is 11.6 Å². The van der Waals surface area contributed by atoms with Crippen LogP contribution in [0.5, 0.6) is 0 Å². The molecule has 5 heteroatoms. The minimum Gasteiger partial charge on any atom is -0.446 e. The van der Waals surface area contributed by atoms with E-state index in [9.17, 15) is 9.59 Å². The second kappa shape index (κ2) is 12.9. The normalized spacial score (nSPS) is 35.2. The van der Waals surface area contributed by atoms with Crippen LogP contribution in [0.15, 0.2) is 11.6 Å². The molecule has 0 aromatic heterocycles. The topological polar surface area (TPSA) is 58.6 Å². The molecule has 0 aromatic rings. The van der Waals surface area contributed by atoms with Crippen molar-refractivity contribution in [3.63, 3.8) is 0 Å². The number of hydrogen-bond acceptors (Lipinski definition) is 4. The fourth-order valence-electron chi connectivity index (χ4n) is 9.26. The molecule has 4 rings (SSSR count). The zero-order chi connectivity index (χ0) is 27.3. The van der Waals surface area contributed by atoms with Crippen molar-refractivity contribution in [1.29, 1.82) is 0 Å². The maximum atomic E-state index is 12.7. The number of rotatable bonds is 12. The van der Waals surface area contributed by atoms with Crippen LogP contribution in [-0.4, -0.2) is 49.1 Å². The number of allylic oxidation sites excluding steroid dienone is 1. The van der Waals surface area contributed by atoms with E-state index in [0.29, 0.717) is 30.1 Å². The number of ether oxygens (including phenoxy) is 1. The summed E-state index contributed by atoms with van der Waals surface area (Å²) in [5.74, 6) is 2.95. The molecule has 4 unspecified atom stereocenters. The molecular weight excluding hydrogens is 472 g/mol. The van der Waals surface area contributed by atoms with Crippen LogP contribution in [0.25, 0.3) is 0 Å². The van der Waals surface area contributed by atoms with Crippen LogP contribution >= 0.6 is 0 Å². The van der Waals surface area contributed by atoms with Gasteiger partial charge < -0.3 is 15.0 Å². The molecule has 5 nitrogen and oxygen atoms in total. The fraction of sp³-hybridized carbons (Fsp3) is 0.879. The quantitative estimate of drug-likeness (QED) is 0.266. The van der Waals surface area contributed by atoms with Crippen LogP contribution in [0.1, 0.15) is 118 Å². The number of ketones is 1. The van der Waals surface area contributed by atoms with Gasteiger partial charge in [0.05, 0.1) is 0 Å². The molecule has 4 aliphatic rings. The average Bonchev–Trinajstić information content (AvgIpc) is 3.25. The van der Waals surface area contributed by atoms with Gasteiger partial charge in [0.15, 0.2) is 5.78 Å². The van der Waals surface area contributed by atoms with E-state index in [2.05, 4.69) is 44.8 Å². The van der Waals surface area contributed by atoms with Gasteiger partial charge in [-0.2, -0.15) is 0 Å². The van der Waals surface area contributed by atoms with Crippen molar-refractivity contribution in [1.82, 2.24) is 10.2 Å². The highest BCUT2D eigenvalue weighted by Crippen LogP contribution is 2.67. The second-order valence-corrected chi connectivity index (χ2v) is 13.6. The van der Waals surface area contributed by atoms with E-state index in [0.717, 1.165) is 51.2 Å². The lowest BCUT2D eigenvalue weighted by atomic mass is 9.46. The Morgan fingerprint density at radius 2 is 1.71 bits per heavy atom. The Morgan fingerprint density at radius 1 is 1.00 bits per heavy atom. The van der Waals surface area contributed by atoms with Crippen LogP contribution in [0.2, 0.25) is 0 Å². The van der Waals surface area contributed by atoms with Crippen molar-refractivity contribution >= 4 is 11.9 Å². The highest BCUT2D eigenvalue weighted by atomic mass is 16.6. The summed E-state index contributed by atoms with van der Waals surface area (Å²) < 4.78 is 6.03. The predicted octanol–water partition coefficient (Wildman–Crippen LogP) is 7.54. The summed E-state index contributed by atoms with van der Waals surface area (Å²) in [5, 5.41) is 3.05. The smallest absolute Gasteiger partial charge is 0.407 e. The molecule has 3 fully saturated rings. The fourth-order valence-corrected chi connectivity index (χ4v) is 9.26. The summed E-state index contributed by atoms with van der Waals surface area (Å²) in [6, 6.07) is 0. The lowest BCUT2D eigenvalue weighted by molar-refractivity contribution is -0.118. The van der Waals surface area contributed by atoms with Crippen LogP contribution in [0.4, 0.5) is 4.79 Å². The Balaban J connectivity index is 1.27. The molecule has 216 valence electrons. The van der Waals surface area contributed by atoms with Crippen LogP contribution in [-0.2, 0) is 9.53 Å². The maximum absolute atomic E-state index is 12.7. The Morgan fingerprint density at radius 3 is 2.42 bits per heavy atom. The molecule has 0 aromatic carbocycles. The molecule has 1 amide bonds. The molecule has 0 saturated heterocycles. The van der Waals surface area contributed by atoms with Gasteiger partial charge in [0.2, 0.25) is 0 Å². The molecule has 7 atom stereocenters. The Bertz CT molecular complexity index is 847. The van der Waals surface area contributed by atoms with Crippen LogP contribution < -0.4 is 5.32 Å². The van der Waals surface area contributed by atoms with Gasteiger partial charge in [-0.05, 0) is 125 Å². The first-order valence-corrected chi connectivity index (χ1v) is 16.1. The first kappa shape index (κ1) is 29.6. The van der Waals surface area contributed by atoms with Gasteiger partial charge in [-0.3, -0.25) is 4.79 Å². The summed E-state index contributed by atoms with van der Waals surface area (Å²) in [4.78, 5) is 27.4. The molecule has 3 saturated carbocycles. The van der Waals surface area contributed by atoms with E-state index in [1.165, 1.54) is 63.4 Å². The summed E-state index contributed by atoms with van der Waals surface area (Å²) in [7, 11) is 0. The van der Waals surface area contributed by atoms with Crippen molar-refractivity contribution in [2.75, 3.05) is 26.2 Å². The van der Waals surface area contributed by atoms with Gasteiger partial charge in [0.1, 0.15) is 6.10 Å². The van der Waals surface area contributed by atoms with E-state index in [-0.39, 0.29) is 23.0 Å². The molecule has 0 bridgehead atoms. The predicted molar refractivity (Wildman–Crippen MR) is 155 cm³/mol. The number of carbonyl (C=O) groups excluding carboxylic acids is 2. The van der Waals surface area contributed by atoms with E-state index in [1.807, 2.05) is 6.08 Å². The van der Waals surface area contributed by atoms with Crippen molar-refractivity contribution in [2.45, 2.75) is 124 Å². The number of nitrogens with one attached hydrogen (secondary N) is 1. The molecule has 0 radical (unpaired) electrons. The van der Waals surface area contributed by atoms with Crippen LogP contribution in [0.3, 0.4) is 0 Å². The highest BCUT2D eigenvalue weighted by Gasteiger charge is 2.60. The monoisotopic (exact) mass is 528 g/mol. The summed E-state index contributed by atoms with van der Waals surface area (Å²) in [6.45, 7) is 15.7. The Hall–Kier alpha value is -1.36. The van der Waals surface area contributed by atoms with Gasteiger partial charge in [-0.25, -0.2) is 4.79 Å². The third-order valence-electron chi connectivity index (χ3n) is 11.5. The molecule has 4 aliphatic carbocycles. The van der Waals surface area contributed by atoms with E-state index >= 15 is 0 Å². The Kier molecular flexibility index (Phi) is 10.0. The van der Waals surface area contributed by atoms with E-state index in [4.69, 9.17) is 4.74 Å². The third kappa shape index (κ3) is 6.18. The number of hydrogen-bond donors (Lipinski definition) is 1. The SMILES string of the molecule is CCCCN(CCCC)CCCNC(=O)OC(C)[C@H]1CCC2C3CCC4=CC(=O)CC[C@]4(C)C3CC[C@@]21C. The molecule has 1 N–H and O–H groups in total. The van der Waals surface area contributed by atoms with Crippen molar-refractivity contribution in [2.24, 2.45) is 34.5 Å². The van der Waals surface area contributed by atoms with Gasteiger partial charge in [0.25, 0.3) is 0 Å². The number of unbranched alkanes of at least 4 members (excludes halogenated alkanes) is 2. The van der Waals surface area contributed by atoms with Gasteiger partial charge >= 0.3 is 6.09 Å². The number of alkyl carbamates (subject to hydrolysis) is 1. The maximum Gasteiger partial charge on any atom is 0.407 e. The zero-order valence-electron chi connectivity index (χ0n) is 25.2. The summed E-state index contributed by atoms with van der Waals surface area (Å²) >= 11 is 0. The van der Waals surface area contributed by atoms with Crippen LogP contribution in [0, 0.1) is 34.5 Å². The molecule has 0 aliphatic heterocycles. The lowest BCUT2D eigenvalue weighted by Gasteiger charge is -2.58. The minimum absolute atomic E-state index is 0.0471. The zero-order valence-corrected chi connectivity index (χ0v) is 25.2. The van der Waals surface area contributed by atoms with Gasteiger partial charge in [0, 0.05) is 18.9 Å². The van der Waals surface area contributed by atoms with Gasteiger partial charge in [-0.15, -0.1) is 0 Å². The highest BCUT2D eigenvalue weighted by molar-refractivity contribution is 5.91. The summed E-state index contributed by atoms with van der Waals surface area (Å²) in [5.41, 5.74) is 1.92. The van der Waals surface area contributed by atoms with Crippen molar-refractivity contribution in [3.8, 4) is 0 Å².